The maximum atomic E-state index is 14.7. The summed E-state index contributed by atoms with van der Waals surface area (Å²) in [4.78, 5) is 39.1. The van der Waals surface area contributed by atoms with Crippen LogP contribution in [0.4, 0.5) is 24.1 Å². The van der Waals surface area contributed by atoms with Gasteiger partial charge in [-0.25, -0.2) is 18.4 Å². The lowest BCUT2D eigenvalue weighted by atomic mass is 9.99. The van der Waals surface area contributed by atoms with Crippen molar-refractivity contribution in [2.45, 2.75) is 31.2 Å². The number of hydrogen-bond donors (Lipinski definition) is 2. The number of rotatable bonds is 6. The molecule has 4 rings (SSSR count). The van der Waals surface area contributed by atoms with Crippen LogP contribution < -0.4 is 11.1 Å². The van der Waals surface area contributed by atoms with Gasteiger partial charge in [0.05, 0.1) is 22.8 Å². The molecule has 8 nitrogen and oxygen atoms in total. The number of hydrogen-bond acceptors (Lipinski definition) is 4. The molecule has 2 aromatic carbocycles. The van der Waals surface area contributed by atoms with Crippen molar-refractivity contribution in [1.29, 1.82) is 0 Å². The highest BCUT2D eigenvalue weighted by Gasteiger charge is 2.48. The summed E-state index contributed by atoms with van der Waals surface area (Å²) in [6.45, 7) is -0.374. The predicted molar refractivity (Wildman–Crippen MR) is 127 cm³/mol. The molecule has 11 heteroatoms. The van der Waals surface area contributed by atoms with E-state index in [9.17, 15) is 23.2 Å². The third kappa shape index (κ3) is 4.71. The number of methoxy groups -OCH3 is 1. The number of carbonyl (C=O) groups excluding carboxylic acids is 3. The Bertz CT molecular complexity index is 1300. The molecule has 0 spiro atoms. The van der Waals surface area contributed by atoms with Crippen molar-refractivity contribution in [3.63, 3.8) is 0 Å². The maximum absolute atomic E-state index is 14.7. The van der Waals surface area contributed by atoms with Gasteiger partial charge in [-0.2, -0.15) is 0 Å². The molecule has 3 amide bonds. The molecule has 1 aliphatic rings. The summed E-state index contributed by atoms with van der Waals surface area (Å²) in [5.41, 5.74) is 6.41. The summed E-state index contributed by atoms with van der Waals surface area (Å²) in [7, 11) is 1.26. The first-order valence-corrected chi connectivity index (χ1v) is 11.2. The predicted octanol–water partition coefficient (Wildman–Crippen LogP) is 4.13. The molecule has 184 valence electrons. The van der Waals surface area contributed by atoms with Gasteiger partial charge in [-0.05, 0) is 24.1 Å². The molecule has 3 atom stereocenters. The second-order valence-electron chi connectivity index (χ2n) is 8.19. The van der Waals surface area contributed by atoms with Crippen LogP contribution in [0, 0.1) is 5.82 Å². The van der Waals surface area contributed by atoms with E-state index < -0.39 is 42.0 Å². The Labute approximate surface area is 204 Å². The second kappa shape index (κ2) is 10.0. The van der Waals surface area contributed by atoms with Crippen LogP contribution in [-0.4, -0.2) is 59.3 Å². The van der Waals surface area contributed by atoms with Crippen molar-refractivity contribution in [3.8, 4) is 0 Å². The lowest BCUT2D eigenvalue weighted by Crippen LogP contribution is -2.47. The SMILES string of the molecule is CO[C@H]1[C@@H](C(=O)CCc2cccc(Cl)c2F)N(C(=O)Nc2cn(C(N)=O)c3ccccc23)C[C@@H]1F. The summed E-state index contributed by atoms with van der Waals surface area (Å²) >= 11 is 5.80. The molecular formula is C24H23ClF2N4O4. The minimum Gasteiger partial charge on any atom is -0.376 e. The van der Waals surface area contributed by atoms with Gasteiger partial charge in [-0.15, -0.1) is 0 Å². The standard InChI is InChI=1S/C24H23ClF2N4O4/c1-35-22-16(26)11-31(21(22)19(32)10-9-13-5-4-7-15(25)20(13)27)24(34)29-17-12-30(23(28)33)18-8-3-2-6-14(17)18/h2-8,12,16,21-22H,9-11H2,1H3,(H2,28,33)(H,29,34)/t16-,21+,22+/m0/s1. The Morgan fingerprint density at radius 2 is 1.94 bits per heavy atom. The minimum absolute atomic E-state index is 0.0245. The van der Waals surface area contributed by atoms with E-state index in [1.54, 1.807) is 30.3 Å². The van der Waals surface area contributed by atoms with E-state index in [-0.39, 0.29) is 35.7 Å². The number of likely N-dealkylation sites (tertiary alicyclic amines) is 1. The number of nitrogens with zero attached hydrogens (tertiary/aromatic N) is 2. The normalized spacial score (nSPS) is 19.8. The van der Waals surface area contributed by atoms with Gasteiger partial charge < -0.3 is 20.7 Å². The number of aryl methyl sites for hydroxylation is 1. The number of para-hydroxylation sites is 1. The van der Waals surface area contributed by atoms with Crippen molar-refractivity contribution >= 4 is 46.0 Å². The van der Waals surface area contributed by atoms with Crippen molar-refractivity contribution in [2.24, 2.45) is 5.73 Å². The number of primary amides is 1. The van der Waals surface area contributed by atoms with Gasteiger partial charge in [0, 0.05) is 25.1 Å². The summed E-state index contributed by atoms with van der Waals surface area (Å²) in [6.07, 6.45) is -1.55. The average Bonchev–Trinajstić information content (AvgIpc) is 3.37. The van der Waals surface area contributed by atoms with Gasteiger partial charge in [0.25, 0.3) is 0 Å². The molecule has 0 radical (unpaired) electrons. The highest BCUT2D eigenvalue weighted by molar-refractivity contribution is 6.30. The quantitative estimate of drug-likeness (QED) is 0.526. The van der Waals surface area contributed by atoms with Crippen LogP contribution in [0.5, 0.6) is 0 Å². The number of nitrogens with two attached hydrogens (primary N) is 1. The van der Waals surface area contributed by atoms with Crippen molar-refractivity contribution in [2.75, 3.05) is 19.0 Å². The number of Topliss-reactive ketones (excluding diaryl/α,β-unsaturated/α-hetero) is 1. The molecule has 1 saturated heterocycles. The van der Waals surface area contributed by atoms with Crippen LogP contribution in [0.2, 0.25) is 5.02 Å². The zero-order valence-corrected chi connectivity index (χ0v) is 19.5. The zero-order valence-electron chi connectivity index (χ0n) is 18.7. The number of ketones is 1. The molecule has 0 saturated carbocycles. The number of anilines is 1. The fourth-order valence-electron chi connectivity index (χ4n) is 4.42. The number of ether oxygens (including phenoxy) is 1. The van der Waals surface area contributed by atoms with E-state index in [1.807, 2.05) is 0 Å². The zero-order chi connectivity index (χ0) is 25.3. The van der Waals surface area contributed by atoms with Crippen LogP contribution in [0.1, 0.15) is 12.0 Å². The Balaban J connectivity index is 1.56. The Morgan fingerprint density at radius 1 is 1.20 bits per heavy atom. The smallest absolute Gasteiger partial charge is 0.323 e. The molecule has 0 unspecified atom stereocenters. The van der Waals surface area contributed by atoms with Gasteiger partial charge in [0.2, 0.25) is 0 Å². The third-order valence-corrected chi connectivity index (χ3v) is 6.39. The first-order chi connectivity index (χ1) is 16.7. The lowest BCUT2D eigenvalue weighted by molar-refractivity contribution is -0.126. The number of benzene rings is 2. The van der Waals surface area contributed by atoms with Crippen LogP contribution in [0.25, 0.3) is 10.9 Å². The highest BCUT2D eigenvalue weighted by atomic mass is 35.5. The Morgan fingerprint density at radius 3 is 2.66 bits per heavy atom. The van der Waals surface area contributed by atoms with Crippen molar-refractivity contribution < 1.29 is 27.9 Å². The van der Waals surface area contributed by atoms with Crippen molar-refractivity contribution in [1.82, 2.24) is 9.47 Å². The topological polar surface area (TPSA) is 107 Å². The summed E-state index contributed by atoms with van der Waals surface area (Å²) in [5, 5.41) is 3.12. The number of nitrogens with one attached hydrogen (secondary N) is 1. The first-order valence-electron chi connectivity index (χ1n) is 10.8. The first kappa shape index (κ1) is 24.6. The van der Waals surface area contributed by atoms with Gasteiger partial charge in [0.15, 0.2) is 5.78 Å². The van der Waals surface area contributed by atoms with Crippen LogP contribution >= 0.6 is 11.6 Å². The van der Waals surface area contributed by atoms with Crippen LogP contribution in [0.3, 0.4) is 0 Å². The lowest BCUT2D eigenvalue weighted by Gasteiger charge is -2.26. The van der Waals surface area contributed by atoms with Gasteiger partial charge in [-0.3, -0.25) is 9.36 Å². The minimum atomic E-state index is -1.60. The van der Waals surface area contributed by atoms with Crippen LogP contribution in [-0.2, 0) is 16.0 Å². The number of aromatic nitrogens is 1. The number of amides is 3. The van der Waals surface area contributed by atoms with Gasteiger partial charge >= 0.3 is 12.1 Å². The van der Waals surface area contributed by atoms with Crippen LogP contribution in [0.15, 0.2) is 48.7 Å². The number of carbonyl (C=O) groups is 3. The number of halogens is 3. The molecule has 2 heterocycles. The van der Waals surface area contributed by atoms with Gasteiger partial charge in [-0.1, -0.05) is 41.9 Å². The maximum Gasteiger partial charge on any atom is 0.323 e. The fourth-order valence-corrected chi connectivity index (χ4v) is 4.61. The molecule has 1 aliphatic heterocycles. The molecule has 1 fully saturated rings. The Kier molecular flexibility index (Phi) is 7.04. The third-order valence-electron chi connectivity index (χ3n) is 6.10. The fraction of sp³-hybridized carbons (Fsp3) is 0.292. The largest absolute Gasteiger partial charge is 0.376 e. The van der Waals surface area contributed by atoms with E-state index in [0.717, 1.165) is 4.90 Å². The highest BCUT2D eigenvalue weighted by Crippen LogP contribution is 2.30. The summed E-state index contributed by atoms with van der Waals surface area (Å²) < 4.78 is 35.4. The van der Waals surface area contributed by atoms with E-state index in [2.05, 4.69) is 5.32 Å². The Hall–Kier alpha value is -3.50. The molecule has 0 bridgehead atoms. The molecule has 1 aromatic heterocycles. The monoisotopic (exact) mass is 504 g/mol. The van der Waals surface area contributed by atoms with E-state index in [1.165, 1.54) is 30.0 Å². The summed E-state index contributed by atoms with van der Waals surface area (Å²) in [6, 6.07) is 8.54. The molecule has 35 heavy (non-hydrogen) atoms. The van der Waals surface area contributed by atoms with Gasteiger partial charge in [0.1, 0.15) is 24.1 Å². The average molecular weight is 505 g/mol. The number of fused-ring (bicyclic) bond motifs is 1. The van der Waals surface area contributed by atoms with Crippen molar-refractivity contribution in [3.05, 3.63) is 65.1 Å². The van der Waals surface area contributed by atoms with E-state index in [4.69, 9.17) is 22.1 Å². The molecule has 0 aliphatic carbocycles. The van der Waals surface area contributed by atoms with E-state index in [0.29, 0.717) is 10.9 Å². The second-order valence-corrected chi connectivity index (χ2v) is 8.60. The number of alkyl halides is 1. The van der Waals surface area contributed by atoms with E-state index >= 15 is 0 Å². The molecular weight excluding hydrogens is 482 g/mol. The molecule has 3 N–H and O–H groups in total. The number of urea groups is 1. The summed E-state index contributed by atoms with van der Waals surface area (Å²) in [5.74, 6) is -1.11. The molecule has 3 aromatic rings.